The number of aryl methyl sites for hydroxylation is 2. The second-order valence-electron chi connectivity index (χ2n) is 14.1. The van der Waals surface area contributed by atoms with Crippen LogP contribution in [0.3, 0.4) is 0 Å². The molecule has 7 rings (SSSR count). The van der Waals surface area contributed by atoms with Gasteiger partial charge in [-0.05, 0) is 89.8 Å². The summed E-state index contributed by atoms with van der Waals surface area (Å²) in [5.41, 5.74) is 12.4. The molecule has 47 heavy (non-hydrogen) atoms. The number of hydrogen-bond donors (Lipinski definition) is 2. The first-order valence-electron chi connectivity index (χ1n) is 16.4. The molecule has 0 radical (unpaired) electrons. The summed E-state index contributed by atoms with van der Waals surface area (Å²) >= 11 is 0. The molecule has 2 aromatic heterocycles. The van der Waals surface area contributed by atoms with Crippen LogP contribution in [0, 0.1) is 13.8 Å². The van der Waals surface area contributed by atoms with Gasteiger partial charge in [-0.2, -0.15) is 0 Å². The van der Waals surface area contributed by atoms with E-state index in [2.05, 4.69) is 36.9 Å². The van der Waals surface area contributed by atoms with Crippen LogP contribution in [-0.4, -0.2) is 57.6 Å². The smallest absolute Gasteiger partial charge is 0.337 e. The van der Waals surface area contributed by atoms with E-state index < -0.39 is 23.9 Å². The van der Waals surface area contributed by atoms with Gasteiger partial charge in [-0.25, -0.2) is 9.78 Å². The lowest BCUT2D eigenvalue weighted by atomic mass is 9.92. The molecule has 248 valence electrons. The van der Waals surface area contributed by atoms with E-state index in [1.165, 1.54) is 0 Å². The highest BCUT2D eigenvalue weighted by molar-refractivity contribution is 5.80. The van der Waals surface area contributed by atoms with E-state index in [1.807, 2.05) is 80.8 Å². The number of carboxylic acids is 1. The van der Waals surface area contributed by atoms with Crippen molar-refractivity contribution in [1.29, 1.82) is 0 Å². The lowest BCUT2D eigenvalue weighted by Gasteiger charge is -2.41. The molecule has 9 heteroatoms. The molecule has 6 bridgehead atoms. The molecule has 0 spiro atoms. The number of aliphatic carboxylic acids is 1. The number of anilines is 1. The van der Waals surface area contributed by atoms with E-state index in [9.17, 15) is 9.90 Å². The first-order valence-corrected chi connectivity index (χ1v) is 16.4. The maximum absolute atomic E-state index is 12.8. The molecular formula is C38H46N4O5. The molecule has 2 unspecified atom stereocenters. The molecule has 0 amide bonds. The van der Waals surface area contributed by atoms with Gasteiger partial charge in [-0.1, -0.05) is 42.0 Å². The van der Waals surface area contributed by atoms with Crippen molar-refractivity contribution in [2.75, 3.05) is 24.6 Å². The maximum Gasteiger partial charge on any atom is 0.337 e. The van der Waals surface area contributed by atoms with Crippen molar-refractivity contribution in [2.45, 2.75) is 84.3 Å². The molecule has 4 aromatic rings. The highest BCUT2D eigenvalue weighted by Crippen LogP contribution is 2.40. The Hall–Kier alpha value is -4.18. The summed E-state index contributed by atoms with van der Waals surface area (Å²) in [6.45, 7) is 13.6. The molecule has 1 saturated heterocycles. The summed E-state index contributed by atoms with van der Waals surface area (Å²) < 4.78 is 21.0. The van der Waals surface area contributed by atoms with Gasteiger partial charge in [0.05, 0.1) is 23.5 Å². The Morgan fingerprint density at radius 3 is 2.55 bits per heavy atom. The van der Waals surface area contributed by atoms with E-state index >= 15 is 0 Å². The van der Waals surface area contributed by atoms with Crippen molar-refractivity contribution in [3.05, 3.63) is 83.6 Å². The van der Waals surface area contributed by atoms with Crippen LogP contribution in [0.25, 0.3) is 28.0 Å². The van der Waals surface area contributed by atoms with E-state index in [0.29, 0.717) is 37.4 Å². The Balaban J connectivity index is 1.55. The molecule has 0 aliphatic carbocycles. The van der Waals surface area contributed by atoms with Crippen molar-refractivity contribution in [3.8, 4) is 28.1 Å². The molecule has 3 N–H and O–H groups in total. The third-order valence-electron chi connectivity index (χ3n) is 9.00. The minimum atomic E-state index is -1.16. The maximum atomic E-state index is 12.8. The number of piperidine rings is 1. The van der Waals surface area contributed by atoms with Gasteiger partial charge < -0.3 is 24.2 Å². The third kappa shape index (κ3) is 7.07. The Bertz CT molecular complexity index is 1810. The van der Waals surface area contributed by atoms with Crippen molar-refractivity contribution in [2.24, 2.45) is 5.73 Å². The van der Waals surface area contributed by atoms with Gasteiger partial charge in [0.25, 0.3) is 0 Å². The zero-order chi connectivity index (χ0) is 33.5. The minimum Gasteiger partial charge on any atom is -0.479 e. The number of hydrogen-bond acceptors (Lipinski definition) is 7. The summed E-state index contributed by atoms with van der Waals surface area (Å²) in [6.07, 6.45) is 6.47. The van der Waals surface area contributed by atoms with Crippen molar-refractivity contribution < 1.29 is 24.1 Å². The number of aromatic nitrogens is 2. The first kappa shape index (κ1) is 32.7. The summed E-state index contributed by atoms with van der Waals surface area (Å²) in [6, 6.07) is 16.3. The summed E-state index contributed by atoms with van der Waals surface area (Å²) in [4.78, 5) is 20.2. The van der Waals surface area contributed by atoms with Gasteiger partial charge in [-0.3, -0.25) is 10.1 Å². The number of nitrogens with zero attached hydrogens (tertiary/aromatic N) is 3. The summed E-state index contributed by atoms with van der Waals surface area (Å²) in [7, 11) is 0. The number of nitrogens with two attached hydrogens (primary N) is 1. The topological polar surface area (TPSA) is 112 Å². The Morgan fingerprint density at radius 2 is 1.83 bits per heavy atom. The fourth-order valence-corrected chi connectivity index (χ4v) is 6.53. The second-order valence-corrected chi connectivity index (χ2v) is 14.1. The Kier molecular flexibility index (Phi) is 8.91. The van der Waals surface area contributed by atoms with Crippen molar-refractivity contribution in [1.82, 2.24) is 9.38 Å². The zero-order valence-corrected chi connectivity index (χ0v) is 28.2. The SMILES string of the molecule is Cc1ccc2c(c1)-c1cccc(c1)-c1cn3c(c(C(OC(C)(C)C)C(=O)O)c(C)cc3n1)N1CCC(C)(CC1)OCC=CCC(N)O2. The monoisotopic (exact) mass is 638 g/mol. The third-order valence-corrected chi connectivity index (χ3v) is 9.00. The highest BCUT2D eigenvalue weighted by atomic mass is 16.5. The number of pyridine rings is 1. The Morgan fingerprint density at radius 1 is 1.09 bits per heavy atom. The fraction of sp³-hybridized carbons (Fsp3) is 0.421. The second kappa shape index (κ2) is 12.8. The number of imidazole rings is 1. The molecule has 1 fully saturated rings. The van der Waals surface area contributed by atoms with Crippen LogP contribution in [-0.2, 0) is 14.3 Å². The van der Waals surface area contributed by atoms with E-state index in [1.54, 1.807) is 0 Å². The Labute approximate surface area is 277 Å². The molecule has 9 nitrogen and oxygen atoms in total. The fourth-order valence-electron chi connectivity index (χ4n) is 6.53. The normalized spacial score (nSPS) is 21.0. The van der Waals surface area contributed by atoms with Gasteiger partial charge in [0.15, 0.2) is 12.3 Å². The molecule has 3 aliphatic rings. The predicted molar refractivity (Wildman–Crippen MR) is 185 cm³/mol. The average molecular weight is 639 g/mol. The number of ether oxygens (including phenoxy) is 3. The molecule has 5 heterocycles. The highest BCUT2D eigenvalue weighted by Gasteiger charge is 2.37. The molecule has 3 aliphatic heterocycles. The largest absolute Gasteiger partial charge is 0.479 e. The standard InChI is InChI=1S/C38H46N4O5/c1-24-13-14-30-28(20-24)26-10-9-11-27(22-26)29-23-42-32(40-29)21-25(2)33(34(36(43)44)47-37(3,4)5)35(42)41-17-15-38(6,16-18-41)45-19-8-7-12-31(39)46-30/h7-11,13-14,20-23,31,34H,12,15-19,39H2,1-6H3,(H,43,44). The van der Waals surface area contributed by atoms with Crippen molar-refractivity contribution in [3.63, 3.8) is 0 Å². The number of carbonyl (C=O) groups is 1. The van der Waals surface area contributed by atoms with E-state index in [-0.39, 0.29) is 5.60 Å². The molecule has 2 atom stereocenters. The number of carboxylic acid groups (broad SMARTS) is 1. The number of fused-ring (bicyclic) bond motifs is 7. The quantitative estimate of drug-likeness (QED) is 0.226. The van der Waals surface area contributed by atoms with Crippen LogP contribution < -0.4 is 15.4 Å². The van der Waals surface area contributed by atoms with Gasteiger partial charge in [0, 0.05) is 42.4 Å². The summed E-state index contributed by atoms with van der Waals surface area (Å²) in [5, 5.41) is 10.5. The van der Waals surface area contributed by atoms with E-state index in [0.717, 1.165) is 57.8 Å². The molecular weight excluding hydrogens is 592 g/mol. The van der Waals surface area contributed by atoms with Gasteiger partial charge >= 0.3 is 5.97 Å². The van der Waals surface area contributed by atoms with Crippen LogP contribution in [0.2, 0.25) is 0 Å². The lowest BCUT2D eigenvalue weighted by Crippen LogP contribution is -2.45. The van der Waals surface area contributed by atoms with E-state index in [4.69, 9.17) is 24.9 Å². The zero-order valence-electron chi connectivity index (χ0n) is 28.2. The number of rotatable bonds is 3. The molecule has 2 aromatic carbocycles. The predicted octanol–water partition coefficient (Wildman–Crippen LogP) is 7.22. The van der Waals surface area contributed by atoms with Gasteiger partial charge in [0.1, 0.15) is 17.2 Å². The van der Waals surface area contributed by atoms with Gasteiger partial charge in [-0.15, -0.1) is 0 Å². The van der Waals surface area contributed by atoms with Crippen LogP contribution in [0.5, 0.6) is 5.75 Å². The van der Waals surface area contributed by atoms with Crippen LogP contribution in [0.1, 0.15) is 69.8 Å². The number of benzene rings is 2. The van der Waals surface area contributed by atoms with Crippen LogP contribution in [0.4, 0.5) is 5.82 Å². The molecule has 0 saturated carbocycles. The summed E-state index contributed by atoms with van der Waals surface area (Å²) in [5.74, 6) is 0.491. The average Bonchev–Trinajstić information content (AvgIpc) is 3.43. The first-order chi connectivity index (χ1) is 22.3. The van der Waals surface area contributed by atoms with Crippen LogP contribution >= 0.6 is 0 Å². The van der Waals surface area contributed by atoms with Crippen LogP contribution in [0.15, 0.2) is 66.9 Å². The minimum absolute atomic E-state index is 0.325. The lowest BCUT2D eigenvalue weighted by molar-refractivity contribution is -0.160. The van der Waals surface area contributed by atoms with Crippen molar-refractivity contribution >= 4 is 17.4 Å². The van der Waals surface area contributed by atoms with Gasteiger partial charge in [0.2, 0.25) is 0 Å².